The second-order valence-electron chi connectivity index (χ2n) is 4.94. The number of hydrogen-bond donors (Lipinski definition) is 1. The van der Waals surface area contributed by atoms with E-state index in [9.17, 15) is 0 Å². The van der Waals surface area contributed by atoms with Gasteiger partial charge in [0.15, 0.2) is 0 Å². The first-order valence-corrected chi connectivity index (χ1v) is 6.15. The molecule has 1 saturated heterocycles. The lowest BCUT2D eigenvalue weighted by atomic mass is 9.88. The van der Waals surface area contributed by atoms with Crippen molar-refractivity contribution in [1.29, 1.82) is 0 Å². The summed E-state index contributed by atoms with van der Waals surface area (Å²) in [6.07, 6.45) is 8.76. The quantitative estimate of drug-likeness (QED) is 0.779. The van der Waals surface area contributed by atoms with Crippen molar-refractivity contribution < 1.29 is 4.74 Å². The monoisotopic (exact) mass is 221 g/mol. The number of hydrogen-bond acceptors (Lipinski definition) is 3. The first-order valence-electron chi connectivity index (χ1n) is 6.15. The molecule has 1 aromatic rings. The Hall–Kier alpha value is -0.870. The minimum atomic E-state index is 0.0338. The van der Waals surface area contributed by atoms with Gasteiger partial charge in [0.25, 0.3) is 0 Å². The van der Waals surface area contributed by atoms with E-state index in [-0.39, 0.29) is 5.60 Å². The van der Waals surface area contributed by atoms with E-state index in [4.69, 9.17) is 4.74 Å². The Morgan fingerprint density at radius 2 is 2.31 bits per heavy atom. The third kappa shape index (κ3) is 1.48. The van der Waals surface area contributed by atoms with Crippen LogP contribution >= 0.6 is 0 Å². The topological polar surface area (TPSA) is 39.1 Å². The number of rotatable bonds is 1. The normalized spacial score (nSPS) is 28.7. The fraction of sp³-hybridized carbons (Fsp3) is 0.750. The van der Waals surface area contributed by atoms with Gasteiger partial charge in [0.05, 0.1) is 30.3 Å². The molecule has 2 heterocycles. The molecule has 0 amide bonds. The largest absolute Gasteiger partial charge is 0.372 e. The predicted molar refractivity (Wildman–Crippen MR) is 61.1 cm³/mol. The molecule has 1 unspecified atom stereocenters. The first kappa shape index (κ1) is 10.3. The Labute approximate surface area is 96.0 Å². The van der Waals surface area contributed by atoms with Crippen LogP contribution in [0.2, 0.25) is 0 Å². The van der Waals surface area contributed by atoms with Gasteiger partial charge in [-0.3, -0.25) is 0 Å². The van der Waals surface area contributed by atoms with Crippen molar-refractivity contribution in [3.63, 3.8) is 0 Å². The summed E-state index contributed by atoms with van der Waals surface area (Å²) in [5.74, 6) is 0. The highest BCUT2D eigenvalue weighted by atomic mass is 16.5. The van der Waals surface area contributed by atoms with Crippen molar-refractivity contribution in [3.05, 3.63) is 18.2 Å². The number of nitrogens with zero attached hydrogens (tertiary/aromatic N) is 2. The molecule has 2 fully saturated rings. The van der Waals surface area contributed by atoms with Gasteiger partial charge in [-0.05, 0) is 12.8 Å². The van der Waals surface area contributed by atoms with E-state index in [1.165, 1.54) is 31.4 Å². The maximum absolute atomic E-state index is 6.11. The Morgan fingerprint density at radius 1 is 1.50 bits per heavy atom. The molecule has 4 heteroatoms. The maximum Gasteiger partial charge on any atom is 0.0946 e. The second kappa shape index (κ2) is 3.86. The number of ether oxygens (including phenoxy) is 1. The van der Waals surface area contributed by atoms with E-state index in [1.54, 1.807) is 0 Å². The van der Waals surface area contributed by atoms with Gasteiger partial charge in [-0.1, -0.05) is 12.8 Å². The zero-order valence-electron chi connectivity index (χ0n) is 9.78. The molecule has 1 aromatic heterocycles. The first-order chi connectivity index (χ1) is 7.82. The van der Waals surface area contributed by atoms with Gasteiger partial charge in [0, 0.05) is 19.8 Å². The van der Waals surface area contributed by atoms with Crippen LogP contribution in [0, 0.1) is 0 Å². The number of aryl methyl sites for hydroxylation is 1. The lowest BCUT2D eigenvalue weighted by Crippen LogP contribution is -2.51. The summed E-state index contributed by atoms with van der Waals surface area (Å²) >= 11 is 0. The molecule has 0 bridgehead atoms. The zero-order chi connectivity index (χ0) is 11.0. The lowest BCUT2D eigenvalue weighted by molar-refractivity contribution is -0.0950. The Bertz CT molecular complexity index is 368. The predicted octanol–water partition coefficient (Wildman–Crippen LogP) is 1.39. The van der Waals surface area contributed by atoms with Crippen LogP contribution in [0.4, 0.5) is 0 Å². The molecule has 0 radical (unpaired) electrons. The van der Waals surface area contributed by atoms with Crippen LogP contribution < -0.4 is 5.32 Å². The van der Waals surface area contributed by atoms with E-state index in [0.717, 1.165) is 13.2 Å². The van der Waals surface area contributed by atoms with Crippen LogP contribution in [-0.2, 0) is 11.8 Å². The highest BCUT2D eigenvalue weighted by Crippen LogP contribution is 2.44. The summed E-state index contributed by atoms with van der Waals surface area (Å²) in [6.45, 7) is 1.78. The van der Waals surface area contributed by atoms with Crippen molar-refractivity contribution in [2.75, 3.05) is 13.2 Å². The van der Waals surface area contributed by atoms with Crippen LogP contribution in [0.3, 0.4) is 0 Å². The van der Waals surface area contributed by atoms with Crippen LogP contribution in [0.1, 0.15) is 37.4 Å². The highest BCUT2D eigenvalue weighted by Gasteiger charge is 2.45. The van der Waals surface area contributed by atoms with Crippen molar-refractivity contribution >= 4 is 0 Å². The molecule has 0 aromatic carbocycles. The number of nitrogens with one attached hydrogen (secondary N) is 1. The molecule has 4 nitrogen and oxygen atoms in total. The molecule has 1 aliphatic heterocycles. The minimum Gasteiger partial charge on any atom is -0.372 e. The summed E-state index contributed by atoms with van der Waals surface area (Å²) in [5.41, 5.74) is 1.29. The smallest absolute Gasteiger partial charge is 0.0946 e. The fourth-order valence-corrected chi connectivity index (χ4v) is 3.15. The Balaban J connectivity index is 1.94. The summed E-state index contributed by atoms with van der Waals surface area (Å²) in [7, 11) is 2.06. The van der Waals surface area contributed by atoms with Crippen LogP contribution in [0.15, 0.2) is 12.5 Å². The zero-order valence-corrected chi connectivity index (χ0v) is 9.78. The van der Waals surface area contributed by atoms with Crippen LogP contribution in [0.25, 0.3) is 0 Å². The van der Waals surface area contributed by atoms with E-state index in [2.05, 4.69) is 21.9 Å². The van der Waals surface area contributed by atoms with Gasteiger partial charge in [-0.2, -0.15) is 0 Å². The van der Waals surface area contributed by atoms with E-state index >= 15 is 0 Å². The third-order valence-electron chi connectivity index (χ3n) is 3.97. The Morgan fingerprint density at radius 3 is 3.00 bits per heavy atom. The summed E-state index contributed by atoms with van der Waals surface area (Å²) in [6, 6.07) is 0.316. The molecule has 1 atom stereocenters. The molecular formula is C12H19N3O. The van der Waals surface area contributed by atoms with Gasteiger partial charge in [0.2, 0.25) is 0 Å². The van der Waals surface area contributed by atoms with Crippen molar-refractivity contribution in [1.82, 2.24) is 14.9 Å². The van der Waals surface area contributed by atoms with E-state index < -0.39 is 0 Å². The second-order valence-corrected chi connectivity index (χ2v) is 4.94. The van der Waals surface area contributed by atoms with Crippen LogP contribution in [-0.4, -0.2) is 28.3 Å². The average molecular weight is 221 g/mol. The summed E-state index contributed by atoms with van der Waals surface area (Å²) in [4.78, 5) is 4.22. The summed E-state index contributed by atoms with van der Waals surface area (Å²) in [5, 5.41) is 3.61. The molecular weight excluding hydrogens is 202 g/mol. The average Bonchev–Trinajstić information content (AvgIpc) is 2.90. The molecule has 88 valence electrons. The summed E-state index contributed by atoms with van der Waals surface area (Å²) < 4.78 is 8.22. The molecule has 1 spiro atoms. The minimum absolute atomic E-state index is 0.0338. The van der Waals surface area contributed by atoms with Gasteiger partial charge < -0.3 is 14.6 Å². The molecule has 16 heavy (non-hydrogen) atoms. The van der Waals surface area contributed by atoms with Gasteiger partial charge >= 0.3 is 0 Å². The van der Waals surface area contributed by atoms with Crippen molar-refractivity contribution in [2.45, 2.75) is 37.3 Å². The van der Waals surface area contributed by atoms with Gasteiger partial charge in [-0.25, -0.2) is 4.98 Å². The molecule has 3 rings (SSSR count). The maximum atomic E-state index is 6.11. The van der Waals surface area contributed by atoms with Gasteiger partial charge in [0.1, 0.15) is 0 Å². The number of imidazole rings is 1. The van der Waals surface area contributed by atoms with Crippen molar-refractivity contribution in [2.24, 2.45) is 7.05 Å². The third-order valence-corrected chi connectivity index (χ3v) is 3.97. The van der Waals surface area contributed by atoms with E-state index in [1.807, 2.05) is 12.5 Å². The molecule has 2 aliphatic rings. The van der Waals surface area contributed by atoms with Crippen LogP contribution in [0.5, 0.6) is 0 Å². The molecule has 1 N–H and O–H groups in total. The SMILES string of the molecule is Cn1cncc1C1NCCOC12CCCC2. The molecule has 1 saturated carbocycles. The molecule has 1 aliphatic carbocycles. The number of morpholine rings is 1. The van der Waals surface area contributed by atoms with Crippen molar-refractivity contribution in [3.8, 4) is 0 Å². The Kier molecular flexibility index (Phi) is 2.48. The van der Waals surface area contributed by atoms with Gasteiger partial charge in [-0.15, -0.1) is 0 Å². The standard InChI is InChI=1S/C12H19N3O/c1-15-9-13-8-10(15)11-12(4-2-3-5-12)16-7-6-14-11/h8-9,11,14H,2-7H2,1H3. The fourth-order valence-electron chi connectivity index (χ4n) is 3.15. The lowest BCUT2D eigenvalue weighted by Gasteiger charge is -2.42. The highest BCUT2D eigenvalue weighted by molar-refractivity contribution is 5.14. The number of aromatic nitrogens is 2. The van der Waals surface area contributed by atoms with E-state index in [0.29, 0.717) is 6.04 Å².